The fraction of sp³-hybridized carbons (Fsp3) is 0.583. The molecule has 84 valence electrons. The third kappa shape index (κ3) is 3.11. The Morgan fingerprint density at radius 3 is 2.87 bits per heavy atom. The molecule has 0 heterocycles. The number of allylic oxidation sites excluding steroid dienone is 2. The summed E-state index contributed by atoms with van der Waals surface area (Å²) in [7, 11) is 1.57. The molecule has 2 atom stereocenters. The van der Waals surface area contributed by atoms with E-state index in [9.17, 15) is 4.79 Å². The van der Waals surface area contributed by atoms with E-state index in [1.54, 1.807) is 7.05 Å². The number of carbonyl (C=O) groups excluding carboxylic acids is 1. The molecule has 0 aliphatic heterocycles. The molecule has 2 unspecified atom stereocenters. The van der Waals surface area contributed by atoms with E-state index in [0.29, 0.717) is 5.92 Å². The molecule has 1 N–H and O–H groups in total. The van der Waals surface area contributed by atoms with Crippen LogP contribution in [0.3, 0.4) is 0 Å². The number of alkyl carbamates (subject to hydrolysis) is 1. The van der Waals surface area contributed by atoms with Crippen LogP contribution in [0.5, 0.6) is 0 Å². The first-order valence-corrected chi connectivity index (χ1v) is 5.25. The normalized spacial score (nSPS) is 25.4. The highest BCUT2D eigenvalue weighted by molar-refractivity contribution is 5.67. The van der Waals surface area contributed by atoms with Crippen LogP contribution in [0.15, 0.2) is 23.8 Å². The van der Waals surface area contributed by atoms with Gasteiger partial charge in [0.1, 0.15) is 6.10 Å². The van der Waals surface area contributed by atoms with Crippen LogP contribution in [-0.4, -0.2) is 19.2 Å². The lowest BCUT2D eigenvalue weighted by molar-refractivity contribution is 0.102. The lowest BCUT2D eigenvalue weighted by Gasteiger charge is -2.28. The van der Waals surface area contributed by atoms with Crippen molar-refractivity contribution in [3.63, 3.8) is 0 Å². The Morgan fingerprint density at radius 2 is 2.33 bits per heavy atom. The third-order valence-corrected chi connectivity index (χ3v) is 2.88. The molecule has 0 aromatic heterocycles. The zero-order chi connectivity index (χ0) is 11.4. The van der Waals surface area contributed by atoms with Gasteiger partial charge in [0.05, 0.1) is 0 Å². The topological polar surface area (TPSA) is 38.3 Å². The molecule has 0 fully saturated rings. The Balaban J connectivity index is 2.63. The van der Waals surface area contributed by atoms with Gasteiger partial charge >= 0.3 is 6.09 Å². The van der Waals surface area contributed by atoms with E-state index >= 15 is 0 Å². The molecule has 1 amide bonds. The molecule has 15 heavy (non-hydrogen) atoms. The van der Waals surface area contributed by atoms with Gasteiger partial charge in [0.15, 0.2) is 0 Å². The van der Waals surface area contributed by atoms with Crippen LogP contribution >= 0.6 is 0 Å². The van der Waals surface area contributed by atoms with Crippen molar-refractivity contribution in [2.45, 2.75) is 32.8 Å². The summed E-state index contributed by atoms with van der Waals surface area (Å²) in [6.45, 7) is 7.98. The van der Waals surface area contributed by atoms with Gasteiger partial charge in [-0.05, 0) is 38.2 Å². The highest BCUT2D eigenvalue weighted by Gasteiger charge is 2.25. The van der Waals surface area contributed by atoms with Crippen molar-refractivity contribution in [1.82, 2.24) is 5.32 Å². The Kier molecular flexibility index (Phi) is 3.95. The standard InChI is InChI=1S/C12H19NO2/c1-8(2)10-6-5-9(3)11(7-10)15-12(14)13-4/h5,10-11H,1,6-7H2,2-4H3,(H,13,14). The quantitative estimate of drug-likeness (QED) is 0.710. The van der Waals surface area contributed by atoms with E-state index in [0.717, 1.165) is 24.0 Å². The molecule has 0 spiro atoms. The van der Waals surface area contributed by atoms with Crippen molar-refractivity contribution < 1.29 is 9.53 Å². The monoisotopic (exact) mass is 209 g/mol. The molecule has 3 nitrogen and oxygen atoms in total. The number of ether oxygens (including phenoxy) is 1. The average Bonchev–Trinajstić information content (AvgIpc) is 2.20. The van der Waals surface area contributed by atoms with Gasteiger partial charge in [-0.2, -0.15) is 0 Å². The summed E-state index contributed by atoms with van der Waals surface area (Å²) in [6.07, 6.45) is 3.53. The van der Waals surface area contributed by atoms with Gasteiger partial charge in [0.25, 0.3) is 0 Å². The van der Waals surface area contributed by atoms with Crippen LogP contribution in [0.2, 0.25) is 0 Å². The molecule has 3 heteroatoms. The Morgan fingerprint density at radius 1 is 1.67 bits per heavy atom. The Bertz CT molecular complexity index is 294. The first kappa shape index (κ1) is 11.8. The lowest BCUT2D eigenvalue weighted by Crippen LogP contribution is -2.30. The van der Waals surface area contributed by atoms with Crippen LogP contribution in [0.1, 0.15) is 26.7 Å². The highest BCUT2D eigenvalue weighted by Crippen LogP contribution is 2.30. The summed E-state index contributed by atoms with van der Waals surface area (Å²) in [6, 6.07) is 0. The number of hydrogen-bond donors (Lipinski definition) is 1. The predicted molar refractivity (Wildman–Crippen MR) is 60.6 cm³/mol. The summed E-state index contributed by atoms with van der Waals surface area (Å²) in [4.78, 5) is 11.1. The zero-order valence-corrected chi connectivity index (χ0v) is 9.67. The molecule has 0 aromatic carbocycles. The third-order valence-electron chi connectivity index (χ3n) is 2.88. The maximum absolute atomic E-state index is 11.1. The number of amides is 1. The zero-order valence-electron chi connectivity index (χ0n) is 9.67. The van der Waals surface area contributed by atoms with Crippen LogP contribution in [0.4, 0.5) is 4.79 Å². The number of carbonyl (C=O) groups is 1. The van der Waals surface area contributed by atoms with Gasteiger partial charge in [-0.3, -0.25) is 0 Å². The van der Waals surface area contributed by atoms with Crippen molar-refractivity contribution in [2.75, 3.05) is 7.05 Å². The van der Waals surface area contributed by atoms with E-state index in [4.69, 9.17) is 4.74 Å². The molecule has 0 saturated carbocycles. The second-order valence-corrected chi connectivity index (χ2v) is 4.11. The van der Waals surface area contributed by atoms with Gasteiger partial charge < -0.3 is 10.1 Å². The molecular weight excluding hydrogens is 190 g/mol. The largest absolute Gasteiger partial charge is 0.442 e. The van der Waals surface area contributed by atoms with Gasteiger partial charge in [-0.15, -0.1) is 0 Å². The number of nitrogens with one attached hydrogen (secondary N) is 1. The van der Waals surface area contributed by atoms with Crippen LogP contribution in [-0.2, 0) is 4.74 Å². The second-order valence-electron chi connectivity index (χ2n) is 4.11. The maximum Gasteiger partial charge on any atom is 0.407 e. The van der Waals surface area contributed by atoms with Crippen molar-refractivity contribution in [3.8, 4) is 0 Å². The van der Waals surface area contributed by atoms with Crippen LogP contribution < -0.4 is 5.32 Å². The minimum atomic E-state index is -0.366. The van der Waals surface area contributed by atoms with E-state index in [1.807, 2.05) is 13.8 Å². The maximum atomic E-state index is 11.1. The van der Waals surface area contributed by atoms with Crippen molar-refractivity contribution in [2.24, 2.45) is 5.92 Å². The fourth-order valence-corrected chi connectivity index (χ4v) is 1.73. The predicted octanol–water partition coefficient (Wildman–Crippen LogP) is 2.64. The van der Waals surface area contributed by atoms with Crippen LogP contribution in [0, 0.1) is 5.92 Å². The molecule has 1 aliphatic carbocycles. The molecule has 0 bridgehead atoms. The fourth-order valence-electron chi connectivity index (χ4n) is 1.73. The lowest BCUT2D eigenvalue weighted by atomic mass is 9.84. The number of hydrogen-bond acceptors (Lipinski definition) is 2. The number of rotatable bonds is 2. The highest BCUT2D eigenvalue weighted by atomic mass is 16.6. The van der Waals surface area contributed by atoms with Crippen molar-refractivity contribution in [1.29, 1.82) is 0 Å². The van der Waals surface area contributed by atoms with E-state index in [-0.39, 0.29) is 12.2 Å². The van der Waals surface area contributed by atoms with Gasteiger partial charge in [0.2, 0.25) is 0 Å². The molecule has 0 aromatic rings. The van der Waals surface area contributed by atoms with E-state index < -0.39 is 0 Å². The smallest absolute Gasteiger partial charge is 0.407 e. The van der Waals surface area contributed by atoms with Gasteiger partial charge in [-0.1, -0.05) is 18.2 Å². The van der Waals surface area contributed by atoms with Crippen molar-refractivity contribution in [3.05, 3.63) is 23.8 Å². The summed E-state index contributed by atoms with van der Waals surface area (Å²) in [5, 5.41) is 2.47. The van der Waals surface area contributed by atoms with Crippen LogP contribution in [0.25, 0.3) is 0 Å². The SMILES string of the molecule is C=C(C)C1CC=C(C)C(OC(=O)NC)C1. The summed E-state index contributed by atoms with van der Waals surface area (Å²) < 4.78 is 5.27. The second kappa shape index (κ2) is 5.01. The minimum absolute atomic E-state index is 0.0969. The Hall–Kier alpha value is -1.25. The van der Waals surface area contributed by atoms with Gasteiger partial charge in [0, 0.05) is 7.05 Å². The average molecular weight is 209 g/mol. The molecular formula is C12H19NO2. The first-order valence-electron chi connectivity index (χ1n) is 5.25. The summed E-state index contributed by atoms with van der Waals surface area (Å²) in [5.74, 6) is 0.434. The van der Waals surface area contributed by atoms with Crippen molar-refractivity contribution >= 4 is 6.09 Å². The summed E-state index contributed by atoms with van der Waals surface area (Å²) in [5.41, 5.74) is 2.29. The Labute approximate surface area is 91.2 Å². The van der Waals surface area contributed by atoms with Gasteiger partial charge in [-0.25, -0.2) is 4.79 Å². The molecule has 0 radical (unpaired) electrons. The van der Waals surface area contributed by atoms with E-state index in [2.05, 4.69) is 18.0 Å². The molecule has 0 saturated heterocycles. The first-order chi connectivity index (χ1) is 7.04. The van der Waals surface area contributed by atoms with E-state index in [1.165, 1.54) is 0 Å². The molecule has 1 aliphatic rings. The molecule has 1 rings (SSSR count). The minimum Gasteiger partial charge on any atom is -0.442 e. The summed E-state index contributed by atoms with van der Waals surface area (Å²) >= 11 is 0.